The number of rotatable bonds is 1. The summed E-state index contributed by atoms with van der Waals surface area (Å²) in [6, 6.07) is 0. The summed E-state index contributed by atoms with van der Waals surface area (Å²) in [5.74, 6) is 0.833. The van der Waals surface area contributed by atoms with Crippen LogP contribution in [0.25, 0.3) is 0 Å². The van der Waals surface area contributed by atoms with Crippen molar-refractivity contribution in [2.24, 2.45) is 11.1 Å². The van der Waals surface area contributed by atoms with Crippen LogP contribution in [0.1, 0.15) is 26.2 Å². The van der Waals surface area contributed by atoms with Crippen molar-refractivity contribution in [2.45, 2.75) is 32.3 Å². The minimum absolute atomic E-state index is 0.223. The highest BCUT2D eigenvalue weighted by Crippen LogP contribution is 2.32. The second-order valence-corrected chi connectivity index (χ2v) is 4.97. The summed E-state index contributed by atoms with van der Waals surface area (Å²) in [5.41, 5.74) is 2.72. The van der Waals surface area contributed by atoms with Gasteiger partial charge in [-0.3, -0.25) is 4.90 Å². The molecule has 3 nitrogen and oxygen atoms in total. The molecule has 0 spiro atoms. The van der Waals surface area contributed by atoms with E-state index in [0.717, 1.165) is 18.1 Å². The molecular formula is C12H18N2O. The molecular weight excluding hydrogens is 188 g/mol. The third kappa shape index (κ3) is 1.81. The summed E-state index contributed by atoms with van der Waals surface area (Å²) < 4.78 is 0. The normalized spacial score (nSPS) is 41.8. The predicted octanol–water partition coefficient (Wildman–Crippen LogP) is 1.80. The van der Waals surface area contributed by atoms with Crippen molar-refractivity contribution >= 4 is 5.71 Å². The van der Waals surface area contributed by atoms with Gasteiger partial charge in [0.25, 0.3) is 0 Å². The highest BCUT2D eigenvalue weighted by Gasteiger charge is 2.30. The number of nitrogens with zero attached hydrogens (tertiary/aromatic N) is 2. The Hall–Kier alpha value is -0.830. The van der Waals surface area contributed by atoms with E-state index < -0.39 is 0 Å². The standard InChI is InChI=1S/C12H18N2O/c1-9-6-12(15-13-9)7-11-8-14-4-2-10(11)3-5-14/h7,10,12H,2-6,8H2,1H3/b11-7+. The third-order valence-electron chi connectivity index (χ3n) is 3.76. The quantitative estimate of drug-likeness (QED) is 0.611. The summed E-state index contributed by atoms with van der Waals surface area (Å²) in [6.45, 7) is 5.80. The van der Waals surface area contributed by atoms with Crippen molar-refractivity contribution in [3.8, 4) is 0 Å². The minimum Gasteiger partial charge on any atom is -0.388 e. The maximum Gasteiger partial charge on any atom is 0.151 e. The van der Waals surface area contributed by atoms with Gasteiger partial charge in [-0.2, -0.15) is 0 Å². The van der Waals surface area contributed by atoms with Crippen LogP contribution in [-0.2, 0) is 4.84 Å². The van der Waals surface area contributed by atoms with Crippen LogP contribution in [0.4, 0.5) is 0 Å². The summed E-state index contributed by atoms with van der Waals surface area (Å²) in [4.78, 5) is 7.92. The first-order valence-corrected chi connectivity index (χ1v) is 5.93. The number of oxime groups is 1. The number of hydrogen-bond donors (Lipinski definition) is 0. The Labute approximate surface area is 90.8 Å². The van der Waals surface area contributed by atoms with Crippen molar-refractivity contribution in [3.05, 3.63) is 11.6 Å². The molecule has 0 saturated carbocycles. The van der Waals surface area contributed by atoms with Crippen molar-refractivity contribution in [1.82, 2.24) is 4.90 Å². The van der Waals surface area contributed by atoms with Gasteiger partial charge in [-0.05, 0) is 44.8 Å². The van der Waals surface area contributed by atoms with Crippen LogP contribution in [0.15, 0.2) is 16.8 Å². The van der Waals surface area contributed by atoms with Crippen molar-refractivity contribution in [1.29, 1.82) is 0 Å². The van der Waals surface area contributed by atoms with E-state index in [1.54, 1.807) is 5.57 Å². The van der Waals surface area contributed by atoms with E-state index in [2.05, 4.69) is 16.1 Å². The Kier molecular flexibility index (Phi) is 2.28. The van der Waals surface area contributed by atoms with Crippen LogP contribution >= 0.6 is 0 Å². The van der Waals surface area contributed by atoms with Crippen LogP contribution in [0.2, 0.25) is 0 Å². The maximum absolute atomic E-state index is 5.37. The molecule has 0 N–H and O–H groups in total. The Morgan fingerprint density at radius 2 is 2.20 bits per heavy atom. The largest absolute Gasteiger partial charge is 0.388 e. The van der Waals surface area contributed by atoms with Crippen molar-refractivity contribution in [3.63, 3.8) is 0 Å². The van der Waals surface area contributed by atoms with Gasteiger partial charge in [0.15, 0.2) is 6.10 Å². The van der Waals surface area contributed by atoms with Crippen molar-refractivity contribution < 1.29 is 4.84 Å². The van der Waals surface area contributed by atoms with Crippen molar-refractivity contribution in [2.75, 3.05) is 19.6 Å². The Morgan fingerprint density at radius 1 is 1.40 bits per heavy atom. The molecule has 82 valence electrons. The fourth-order valence-corrected chi connectivity index (χ4v) is 2.89. The Morgan fingerprint density at radius 3 is 2.73 bits per heavy atom. The Balaban J connectivity index is 1.69. The molecule has 4 aliphatic rings. The molecule has 0 aliphatic carbocycles. The van der Waals surface area contributed by atoms with Gasteiger partial charge in [0.1, 0.15) is 0 Å². The second kappa shape index (κ2) is 3.63. The van der Waals surface area contributed by atoms with Gasteiger partial charge in [-0.15, -0.1) is 0 Å². The molecule has 15 heavy (non-hydrogen) atoms. The third-order valence-corrected chi connectivity index (χ3v) is 3.76. The number of fused-ring (bicyclic) bond motifs is 3. The van der Waals surface area contributed by atoms with Gasteiger partial charge in [0.2, 0.25) is 0 Å². The van der Waals surface area contributed by atoms with Crippen LogP contribution in [0, 0.1) is 5.92 Å². The van der Waals surface area contributed by atoms with E-state index in [1.807, 2.05) is 6.92 Å². The first-order valence-electron chi connectivity index (χ1n) is 5.93. The molecule has 4 aliphatic heterocycles. The van der Waals surface area contributed by atoms with E-state index in [1.165, 1.54) is 32.5 Å². The molecule has 4 heterocycles. The van der Waals surface area contributed by atoms with Gasteiger partial charge in [-0.1, -0.05) is 10.7 Å². The topological polar surface area (TPSA) is 24.8 Å². The van der Waals surface area contributed by atoms with Crippen LogP contribution in [0.3, 0.4) is 0 Å². The van der Waals surface area contributed by atoms with Gasteiger partial charge < -0.3 is 4.84 Å². The SMILES string of the molecule is CC1=NOC(/C=C2\CN3CCC2CC3)C1. The molecule has 3 fully saturated rings. The smallest absolute Gasteiger partial charge is 0.151 e. The number of hydrogen-bond acceptors (Lipinski definition) is 3. The molecule has 1 atom stereocenters. The lowest BCUT2D eigenvalue weighted by molar-refractivity contribution is 0.113. The van der Waals surface area contributed by atoms with Crippen LogP contribution in [0.5, 0.6) is 0 Å². The molecule has 4 rings (SSSR count). The zero-order valence-corrected chi connectivity index (χ0v) is 9.28. The lowest BCUT2D eigenvalue weighted by Gasteiger charge is -2.41. The molecule has 0 aromatic carbocycles. The molecule has 0 amide bonds. The van der Waals surface area contributed by atoms with E-state index in [4.69, 9.17) is 4.84 Å². The molecule has 0 aromatic rings. The summed E-state index contributed by atoms with van der Waals surface area (Å²) in [6.07, 6.45) is 6.23. The lowest BCUT2D eigenvalue weighted by atomic mass is 9.83. The zero-order chi connectivity index (χ0) is 10.3. The Bertz CT molecular complexity index is 314. The maximum atomic E-state index is 5.37. The molecule has 3 heteroatoms. The molecule has 1 unspecified atom stereocenters. The molecule has 0 aromatic heterocycles. The summed E-state index contributed by atoms with van der Waals surface area (Å²) in [5, 5.41) is 4.00. The van der Waals surface area contributed by atoms with Gasteiger partial charge >= 0.3 is 0 Å². The van der Waals surface area contributed by atoms with Gasteiger partial charge in [-0.25, -0.2) is 0 Å². The van der Waals surface area contributed by atoms with Gasteiger partial charge in [0, 0.05) is 13.0 Å². The highest BCUT2D eigenvalue weighted by atomic mass is 16.6. The first kappa shape index (κ1) is 9.40. The average molecular weight is 206 g/mol. The number of piperidine rings is 3. The fourth-order valence-electron chi connectivity index (χ4n) is 2.89. The summed E-state index contributed by atoms with van der Waals surface area (Å²) in [7, 11) is 0. The fraction of sp³-hybridized carbons (Fsp3) is 0.750. The molecule has 0 radical (unpaired) electrons. The molecule has 2 bridgehead atoms. The second-order valence-electron chi connectivity index (χ2n) is 4.97. The minimum atomic E-state index is 0.223. The predicted molar refractivity (Wildman–Crippen MR) is 59.8 cm³/mol. The van der Waals surface area contributed by atoms with E-state index in [9.17, 15) is 0 Å². The van der Waals surface area contributed by atoms with Crippen LogP contribution in [-0.4, -0.2) is 36.3 Å². The highest BCUT2D eigenvalue weighted by molar-refractivity contribution is 5.83. The molecule has 3 saturated heterocycles. The van der Waals surface area contributed by atoms with E-state index >= 15 is 0 Å². The zero-order valence-electron chi connectivity index (χ0n) is 9.28. The van der Waals surface area contributed by atoms with E-state index in [0.29, 0.717) is 0 Å². The van der Waals surface area contributed by atoms with Gasteiger partial charge in [0.05, 0.1) is 5.71 Å². The first-order chi connectivity index (χ1) is 7.31. The lowest BCUT2D eigenvalue weighted by Crippen LogP contribution is -2.43. The monoisotopic (exact) mass is 206 g/mol. The van der Waals surface area contributed by atoms with E-state index in [-0.39, 0.29) is 6.10 Å². The van der Waals surface area contributed by atoms with Crippen LogP contribution < -0.4 is 0 Å². The average Bonchev–Trinajstić information content (AvgIpc) is 2.66. The summed E-state index contributed by atoms with van der Waals surface area (Å²) >= 11 is 0.